The van der Waals surface area contributed by atoms with Crippen molar-refractivity contribution in [2.45, 2.75) is 39.8 Å². The number of benzene rings is 1. The van der Waals surface area contributed by atoms with Crippen molar-refractivity contribution < 1.29 is 14.3 Å². The van der Waals surface area contributed by atoms with Gasteiger partial charge in [0, 0.05) is 17.6 Å². The molecular formula is C15H22BrNO3. The second-order valence-corrected chi connectivity index (χ2v) is 5.48. The van der Waals surface area contributed by atoms with Crippen LogP contribution < -0.4 is 9.47 Å². The molecule has 0 aliphatic heterocycles. The molecule has 0 heterocycles. The summed E-state index contributed by atoms with van der Waals surface area (Å²) < 4.78 is 10.7. The summed E-state index contributed by atoms with van der Waals surface area (Å²) in [7, 11) is 1.56. The van der Waals surface area contributed by atoms with Crippen molar-refractivity contribution in [2.75, 3.05) is 12.6 Å². The zero-order chi connectivity index (χ0) is 15.3. The van der Waals surface area contributed by atoms with Crippen LogP contribution in [0.25, 0.3) is 0 Å². The van der Waals surface area contributed by atoms with Crippen molar-refractivity contribution in [1.29, 1.82) is 0 Å². The molecule has 5 heteroatoms. The molecular weight excluding hydrogens is 322 g/mol. The monoisotopic (exact) mass is 343 g/mol. The molecule has 0 atom stereocenters. The van der Waals surface area contributed by atoms with Gasteiger partial charge in [-0.05, 0) is 61.8 Å². The quantitative estimate of drug-likeness (QED) is 0.739. The minimum atomic E-state index is -0.00121. The van der Waals surface area contributed by atoms with Gasteiger partial charge >= 0.3 is 0 Å². The molecule has 0 saturated carbocycles. The van der Waals surface area contributed by atoms with Gasteiger partial charge in [0.1, 0.15) is 5.52 Å². The summed E-state index contributed by atoms with van der Waals surface area (Å²) in [5.74, 6) is 1.17. The normalized spacial score (nSPS) is 10.8. The van der Waals surface area contributed by atoms with E-state index in [1.165, 1.54) is 0 Å². The molecule has 0 bridgehead atoms. The van der Waals surface area contributed by atoms with E-state index in [2.05, 4.69) is 15.9 Å². The Bertz CT molecular complexity index is 452. The molecule has 20 heavy (non-hydrogen) atoms. The molecule has 0 aromatic heterocycles. The smallest absolute Gasteiger partial charge is 0.254 e. The van der Waals surface area contributed by atoms with Crippen molar-refractivity contribution >= 4 is 21.8 Å². The second kappa shape index (κ2) is 7.53. The van der Waals surface area contributed by atoms with Crippen LogP contribution in [-0.4, -0.2) is 35.5 Å². The van der Waals surface area contributed by atoms with E-state index in [0.29, 0.717) is 22.6 Å². The van der Waals surface area contributed by atoms with Gasteiger partial charge in [0.2, 0.25) is 0 Å². The summed E-state index contributed by atoms with van der Waals surface area (Å²) in [6.45, 7) is 8.05. The molecule has 0 saturated heterocycles. The molecule has 0 aliphatic carbocycles. The highest BCUT2D eigenvalue weighted by molar-refractivity contribution is 9.09. The first-order valence-electron chi connectivity index (χ1n) is 6.61. The molecule has 0 aliphatic rings. The van der Waals surface area contributed by atoms with Crippen LogP contribution in [0.2, 0.25) is 0 Å². The zero-order valence-corrected chi connectivity index (χ0v) is 14.2. The van der Waals surface area contributed by atoms with E-state index >= 15 is 0 Å². The highest BCUT2D eigenvalue weighted by atomic mass is 79.9. The lowest BCUT2D eigenvalue weighted by atomic mass is 10.1. The number of nitrogens with zero attached hydrogens (tertiary/aromatic N) is 1. The first kappa shape index (κ1) is 16.8. The van der Waals surface area contributed by atoms with Gasteiger partial charge in [0.15, 0.2) is 11.5 Å². The van der Waals surface area contributed by atoms with Crippen LogP contribution in [0.1, 0.15) is 38.1 Å². The maximum atomic E-state index is 12.6. The topological polar surface area (TPSA) is 38.8 Å². The number of carbonyl (C=O) groups is 1. The molecule has 1 amide bonds. The van der Waals surface area contributed by atoms with Crippen molar-refractivity contribution in [3.05, 3.63) is 23.8 Å². The van der Waals surface area contributed by atoms with Crippen LogP contribution in [0.4, 0.5) is 0 Å². The number of amides is 1. The number of hydrogen-bond donors (Lipinski definition) is 0. The highest BCUT2D eigenvalue weighted by Crippen LogP contribution is 2.29. The molecule has 0 N–H and O–H groups in total. The van der Waals surface area contributed by atoms with Crippen molar-refractivity contribution in [3.8, 4) is 11.5 Å². The van der Waals surface area contributed by atoms with Gasteiger partial charge in [0.25, 0.3) is 5.91 Å². The Morgan fingerprint density at radius 1 is 1.20 bits per heavy atom. The number of methoxy groups -OCH3 is 1. The number of carbonyl (C=O) groups excluding carboxylic acids is 1. The molecule has 0 fully saturated rings. The Balaban J connectivity index is 3.10. The zero-order valence-electron chi connectivity index (χ0n) is 12.6. The van der Waals surface area contributed by atoms with Crippen molar-refractivity contribution in [1.82, 2.24) is 4.90 Å². The van der Waals surface area contributed by atoms with Gasteiger partial charge in [0.05, 0.1) is 7.11 Å². The van der Waals surface area contributed by atoms with E-state index < -0.39 is 0 Å². The van der Waals surface area contributed by atoms with Gasteiger partial charge in [-0.1, -0.05) is 0 Å². The number of alkyl halides is 1. The molecule has 0 radical (unpaired) electrons. The number of ether oxygens (including phenoxy) is 2. The fourth-order valence-corrected chi connectivity index (χ4v) is 2.44. The predicted molar refractivity (Wildman–Crippen MR) is 83.9 cm³/mol. The minimum Gasteiger partial charge on any atom is -0.493 e. The van der Waals surface area contributed by atoms with Crippen molar-refractivity contribution in [3.63, 3.8) is 0 Å². The molecule has 4 nitrogen and oxygen atoms in total. The molecule has 0 spiro atoms. The summed E-state index contributed by atoms with van der Waals surface area (Å²) in [6, 6.07) is 5.53. The number of hydrogen-bond acceptors (Lipinski definition) is 3. The average Bonchev–Trinajstić information content (AvgIpc) is 2.38. The Hall–Kier alpha value is -1.23. The lowest BCUT2D eigenvalue weighted by Gasteiger charge is -2.31. The largest absolute Gasteiger partial charge is 0.493 e. The number of halogens is 1. The molecule has 1 aromatic rings. The SMILES string of the molecule is COc1cc(C(=O)N(C(C)C)C(C)C)ccc1OCBr. The van der Waals surface area contributed by atoms with Crippen LogP contribution in [0.3, 0.4) is 0 Å². The van der Waals surface area contributed by atoms with Gasteiger partial charge in [-0.25, -0.2) is 0 Å². The summed E-state index contributed by atoms with van der Waals surface area (Å²) in [6.07, 6.45) is 0. The van der Waals surface area contributed by atoms with E-state index in [1.807, 2.05) is 32.6 Å². The van der Waals surface area contributed by atoms with E-state index in [4.69, 9.17) is 9.47 Å². The van der Waals surface area contributed by atoms with E-state index in [1.54, 1.807) is 25.3 Å². The third-order valence-corrected chi connectivity index (χ3v) is 3.20. The second-order valence-electron chi connectivity index (χ2n) is 5.02. The molecule has 1 aromatic carbocycles. The van der Waals surface area contributed by atoms with Crippen molar-refractivity contribution in [2.24, 2.45) is 0 Å². The summed E-state index contributed by atoms with van der Waals surface area (Å²) in [5, 5.41) is 0. The standard InChI is InChI=1S/C15H22BrNO3/c1-10(2)17(11(3)4)15(18)12-6-7-13(20-9-16)14(8-12)19-5/h6-8,10-11H,9H2,1-5H3. The lowest BCUT2D eigenvalue weighted by molar-refractivity contribution is 0.0643. The van der Waals surface area contributed by atoms with Crippen LogP contribution in [0, 0.1) is 0 Å². The van der Waals surface area contributed by atoms with Crippen LogP contribution in [-0.2, 0) is 0 Å². The van der Waals surface area contributed by atoms with Crippen LogP contribution >= 0.6 is 15.9 Å². The van der Waals surface area contributed by atoms with Gasteiger partial charge in [-0.2, -0.15) is 0 Å². The third-order valence-electron chi connectivity index (χ3n) is 2.97. The van der Waals surface area contributed by atoms with Crippen LogP contribution in [0.15, 0.2) is 18.2 Å². The Kier molecular flexibility index (Phi) is 6.33. The van der Waals surface area contributed by atoms with E-state index in [0.717, 1.165) is 0 Å². The van der Waals surface area contributed by atoms with Gasteiger partial charge in [-0.3, -0.25) is 4.79 Å². The molecule has 0 unspecified atom stereocenters. The van der Waals surface area contributed by atoms with Gasteiger partial charge < -0.3 is 14.4 Å². The summed E-state index contributed by atoms with van der Waals surface area (Å²) >= 11 is 3.21. The Morgan fingerprint density at radius 3 is 2.25 bits per heavy atom. The lowest BCUT2D eigenvalue weighted by Crippen LogP contribution is -2.42. The third kappa shape index (κ3) is 3.88. The minimum absolute atomic E-state index is 0.00121. The van der Waals surface area contributed by atoms with Crippen LogP contribution in [0.5, 0.6) is 11.5 Å². The maximum absolute atomic E-state index is 12.6. The number of rotatable bonds is 6. The first-order valence-corrected chi connectivity index (χ1v) is 7.74. The molecule has 112 valence electrons. The fraction of sp³-hybridized carbons (Fsp3) is 0.533. The average molecular weight is 344 g/mol. The predicted octanol–water partition coefficient (Wildman–Crippen LogP) is 3.69. The highest BCUT2D eigenvalue weighted by Gasteiger charge is 2.22. The summed E-state index contributed by atoms with van der Waals surface area (Å²) in [4.78, 5) is 14.4. The maximum Gasteiger partial charge on any atom is 0.254 e. The fourth-order valence-electron chi connectivity index (χ4n) is 2.19. The first-order chi connectivity index (χ1) is 9.42. The Labute approximate surface area is 129 Å². The van der Waals surface area contributed by atoms with E-state index in [-0.39, 0.29) is 18.0 Å². The summed E-state index contributed by atoms with van der Waals surface area (Å²) in [5.41, 5.74) is 0.979. The van der Waals surface area contributed by atoms with E-state index in [9.17, 15) is 4.79 Å². The van der Waals surface area contributed by atoms with Gasteiger partial charge in [-0.15, -0.1) is 0 Å². The Morgan fingerprint density at radius 2 is 1.80 bits per heavy atom. The molecule has 1 rings (SSSR count).